The number of rotatable bonds is 3. The quantitative estimate of drug-likeness (QED) is 0.879. The molecule has 16 heavy (non-hydrogen) atoms. The Kier molecular flexibility index (Phi) is 3.53. The van der Waals surface area contributed by atoms with Crippen molar-refractivity contribution >= 4 is 11.6 Å². The van der Waals surface area contributed by atoms with E-state index in [1.165, 1.54) is 12.8 Å². The van der Waals surface area contributed by atoms with Gasteiger partial charge in [0.15, 0.2) is 0 Å². The summed E-state index contributed by atoms with van der Waals surface area (Å²) in [5, 5.41) is 0.777. The molecule has 0 unspecified atom stereocenters. The van der Waals surface area contributed by atoms with E-state index in [4.69, 9.17) is 22.1 Å². The van der Waals surface area contributed by atoms with Crippen molar-refractivity contribution < 1.29 is 4.74 Å². The molecule has 2 N–H and O–H groups in total. The van der Waals surface area contributed by atoms with Crippen LogP contribution in [0.4, 0.5) is 0 Å². The molecular weight excluding hydrogens is 222 g/mol. The Morgan fingerprint density at radius 3 is 2.69 bits per heavy atom. The molecule has 1 saturated carbocycles. The summed E-state index contributed by atoms with van der Waals surface area (Å²) >= 11 is 6.30. The summed E-state index contributed by atoms with van der Waals surface area (Å²) < 4.78 is 5.21. The molecule has 1 aromatic carbocycles. The van der Waals surface area contributed by atoms with Crippen LogP contribution in [0.2, 0.25) is 5.02 Å². The van der Waals surface area contributed by atoms with E-state index in [-0.39, 0.29) is 5.54 Å². The maximum absolute atomic E-state index is 6.47. The highest BCUT2D eigenvalue weighted by molar-refractivity contribution is 6.31. The van der Waals surface area contributed by atoms with Gasteiger partial charge in [-0.25, -0.2) is 0 Å². The average molecular weight is 240 g/mol. The van der Waals surface area contributed by atoms with Crippen LogP contribution in [0.1, 0.15) is 36.8 Å². The molecule has 1 aliphatic carbocycles. The van der Waals surface area contributed by atoms with Crippen LogP contribution < -0.4 is 5.73 Å². The summed E-state index contributed by atoms with van der Waals surface area (Å²) in [6.45, 7) is 0.578. The topological polar surface area (TPSA) is 35.2 Å². The minimum atomic E-state index is -0.244. The minimum Gasteiger partial charge on any atom is -0.380 e. The number of hydrogen-bond acceptors (Lipinski definition) is 2. The largest absolute Gasteiger partial charge is 0.380 e. The van der Waals surface area contributed by atoms with Crippen LogP contribution in [-0.2, 0) is 16.9 Å². The van der Waals surface area contributed by atoms with Gasteiger partial charge in [-0.3, -0.25) is 0 Å². The van der Waals surface area contributed by atoms with E-state index in [1.807, 2.05) is 12.1 Å². The Labute approximate surface area is 102 Å². The Morgan fingerprint density at radius 1 is 1.38 bits per heavy atom. The lowest BCUT2D eigenvalue weighted by Crippen LogP contribution is -2.34. The summed E-state index contributed by atoms with van der Waals surface area (Å²) in [7, 11) is 1.70. The lowest BCUT2D eigenvalue weighted by molar-refractivity contribution is 0.182. The molecule has 0 saturated heterocycles. The third kappa shape index (κ3) is 2.10. The van der Waals surface area contributed by atoms with Crippen LogP contribution >= 0.6 is 11.6 Å². The van der Waals surface area contributed by atoms with Crippen LogP contribution in [0, 0.1) is 0 Å². The fourth-order valence-corrected chi connectivity index (χ4v) is 3.04. The number of halogens is 1. The second-order valence-electron chi connectivity index (χ2n) is 4.57. The average Bonchev–Trinajstić information content (AvgIpc) is 2.66. The minimum absolute atomic E-state index is 0.244. The normalized spacial score (nSPS) is 18.9. The molecule has 0 spiro atoms. The summed E-state index contributed by atoms with van der Waals surface area (Å²) in [6, 6.07) is 5.93. The number of hydrogen-bond donors (Lipinski definition) is 1. The molecule has 1 aromatic rings. The first kappa shape index (κ1) is 11.9. The van der Waals surface area contributed by atoms with Crippen LogP contribution in [0.25, 0.3) is 0 Å². The van der Waals surface area contributed by atoms with Crippen LogP contribution in [0.15, 0.2) is 18.2 Å². The van der Waals surface area contributed by atoms with E-state index in [0.717, 1.165) is 29.0 Å². The molecule has 0 aromatic heterocycles. The van der Waals surface area contributed by atoms with Gasteiger partial charge < -0.3 is 10.5 Å². The molecule has 0 radical (unpaired) electrons. The highest BCUT2D eigenvalue weighted by atomic mass is 35.5. The van der Waals surface area contributed by atoms with Gasteiger partial charge in [0.1, 0.15) is 0 Å². The third-order valence-corrected chi connectivity index (χ3v) is 3.71. The molecule has 0 atom stereocenters. The molecule has 2 rings (SSSR count). The highest BCUT2D eigenvalue weighted by Gasteiger charge is 2.34. The van der Waals surface area contributed by atoms with Gasteiger partial charge in [0, 0.05) is 17.7 Å². The van der Waals surface area contributed by atoms with Gasteiger partial charge in [-0.05, 0) is 30.0 Å². The van der Waals surface area contributed by atoms with Crippen molar-refractivity contribution in [3.63, 3.8) is 0 Å². The van der Waals surface area contributed by atoms with Crippen LogP contribution in [0.5, 0.6) is 0 Å². The molecular formula is C13H18ClNO. The third-order valence-electron chi connectivity index (χ3n) is 3.39. The maximum atomic E-state index is 6.47. The smallest absolute Gasteiger partial charge is 0.0716 e. The van der Waals surface area contributed by atoms with Gasteiger partial charge in [0.25, 0.3) is 0 Å². The Bertz CT molecular complexity index is 372. The van der Waals surface area contributed by atoms with Crippen molar-refractivity contribution in [3.8, 4) is 0 Å². The predicted octanol–water partition coefficient (Wildman–Crippen LogP) is 3.21. The zero-order valence-corrected chi connectivity index (χ0v) is 10.4. The maximum Gasteiger partial charge on any atom is 0.0716 e. The predicted molar refractivity (Wildman–Crippen MR) is 66.5 cm³/mol. The van der Waals surface area contributed by atoms with E-state index in [9.17, 15) is 0 Å². The Morgan fingerprint density at radius 2 is 2.06 bits per heavy atom. The van der Waals surface area contributed by atoms with Crippen LogP contribution in [0.3, 0.4) is 0 Å². The number of ether oxygens (including phenoxy) is 1. The monoisotopic (exact) mass is 239 g/mol. The molecule has 1 fully saturated rings. The molecule has 1 aliphatic rings. The number of nitrogens with two attached hydrogens (primary N) is 1. The molecule has 0 amide bonds. The molecule has 2 nitrogen and oxygen atoms in total. The first-order chi connectivity index (χ1) is 7.67. The first-order valence-corrected chi connectivity index (χ1v) is 6.11. The molecule has 0 bridgehead atoms. The van der Waals surface area contributed by atoms with Crippen molar-refractivity contribution in [2.45, 2.75) is 37.8 Å². The van der Waals surface area contributed by atoms with E-state index < -0.39 is 0 Å². The van der Waals surface area contributed by atoms with E-state index >= 15 is 0 Å². The summed E-state index contributed by atoms with van der Waals surface area (Å²) in [6.07, 6.45) is 4.42. The fourth-order valence-electron chi connectivity index (χ4n) is 2.66. The summed E-state index contributed by atoms with van der Waals surface area (Å²) in [5.41, 5.74) is 8.45. The SMILES string of the molecule is COCc1cccc(Cl)c1C1(N)CCCC1. The Balaban J connectivity index is 2.44. The second-order valence-corrected chi connectivity index (χ2v) is 4.98. The van der Waals surface area contributed by atoms with Gasteiger partial charge in [-0.1, -0.05) is 36.6 Å². The van der Waals surface area contributed by atoms with E-state index in [1.54, 1.807) is 7.11 Å². The zero-order chi connectivity index (χ0) is 11.6. The van der Waals surface area contributed by atoms with Gasteiger partial charge in [0.05, 0.1) is 6.61 Å². The molecule has 3 heteroatoms. The number of methoxy groups -OCH3 is 1. The summed E-state index contributed by atoms with van der Waals surface area (Å²) in [5.74, 6) is 0. The highest BCUT2D eigenvalue weighted by Crippen LogP contribution is 2.41. The lowest BCUT2D eigenvalue weighted by Gasteiger charge is -2.28. The van der Waals surface area contributed by atoms with Crippen molar-refractivity contribution in [1.82, 2.24) is 0 Å². The second kappa shape index (κ2) is 4.74. The number of benzene rings is 1. The van der Waals surface area contributed by atoms with E-state index in [2.05, 4.69) is 6.07 Å². The van der Waals surface area contributed by atoms with Crippen molar-refractivity contribution in [3.05, 3.63) is 34.3 Å². The van der Waals surface area contributed by atoms with Gasteiger partial charge in [-0.2, -0.15) is 0 Å². The molecule has 0 heterocycles. The Hall–Kier alpha value is -0.570. The van der Waals surface area contributed by atoms with Crippen molar-refractivity contribution in [2.75, 3.05) is 7.11 Å². The fraction of sp³-hybridized carbons (Fsp3) is 0.538. The lowest BCUT2D eigenvalue weighted by atomic mass is 9.86. The van der Waals surface area contributed by atoms with Gasteiger partial charge >= 0.3 is 0 Å². The van der Waals surface area contributed by atoms with Crippen molar-refractivity contribution in [2.24, 2.45) is 5.73 Å². The zero-order valence-electron chi connectivity index (χ0n) is 9.63. The molecule has 88 valence electrons. The van der Waals surface area contributed by atoms with Gasteiger partial charge in [0.2, 0.25) is 0 Å². The first-order valence-electron chi connectivity index (χ1n) is 5.73. The molecule has 0 aliphatic heterocycles. The van der Waals surface area contributed by atoms with Crippen LogP contribution in [-0.4, -0.2) is 7.11 Å². The van der Waals surface area contributed by atoms with E-state index in [0.29, 0.717) is 6.61 Å². The van der Waals surface area contributed by atoms with Crippen molar-refractivity contribution in [1.29, 1.82) is 0 Å². The van der Waals surface area contributed by atoms with Gasteiger partial charge in [-0.15, -0.1) is 0 Å². The summed E-state index contributed by atoms with van der Waals surface area (Å²) in [4.78, 5) is 0. The standard InChI is InChI=1S/C13H18ClNO/c1-16-9-10-5-4-6-11(14)12(10)13(15)7-2-3-8-13/h4-6H,2-3,7-9,15H2,1H3.